The van der Waals surface area contributed by atoms with Gasteiger partial charge in [0.2, 0.25) is 0 Å². The second-order valence-corrected chi connectivity index (χ2v) is 5.60. The molecule has 1 radical (unpaired) electrons. The van der Waals surface area contributed by atoms with Crippen LogP contribution in [0.1, 0.15) is 110 Å². The van der Waals surface area contributed by atoms with Crippen LogP contribution in [0.3, 0.4) is 0 Å². The van der Waals surface area contributed by atoms with Crippen LogP contribution in [0.25, 0.3) is 0 Å². The predicted octanol–water partition coefficient (Wildman–Crippen LogP) is 6.50. The number of hydrogen-bond donors (Lipinski definition) is 0. The van der Waals surface area contributed by atoms with E-state index in [1.54, 1.807) is 0 Å². The average molecular weight is 263 g/mol. The van der Waals surface area contributed by atoms with Crippen LogP contribution in [-0.4, -0.2) is 29.6 Å². The van der Waals surface area contributed by atoms with Gasteiger partial charge >= 0.3 is 0 Å². The van der Waals surface area contributed by atoms with Gasteiger partial charge in [-0.25, -0.2) is 0 Å². The molecule has 105 valence electrons. The standard InChI is InChI=1S/C17H36.Na/c1-3-5-7-9-11-13-15-17-16-14-12-10-8-6-4-2;/h3-17H2,1-2H3;. The van der Waals surface area contributed by atoms with Gasteiger partial charge in [-0.1, -0.05) is 110 Å². The average Bonchev–Trinajstić information content (AvgIpc) is 2.35. The summed E-state index contributed by atoms with van der Waals surface area (Å²) in [7, 11) is 0. The first-order valence-electron chi connectivity index (χ1n) is 8.41. The van der Waals surface area contributed by atoms with E-state index >= 15 is 0 Å². The molecule has 0 saturated heterocycles. The molecule has 1 heteroatoms. The minimum absolute atomic E-state index is 0. The smallest absolute Gasteiger partial charge is 0 e. The van der Waals surface area contributed by atoms with Crippen molar-refractivity contribution in [3.05, 3.63) is 0 Å². The molecule has 0 rings (SSSR count). The maximum atomic E-state index is 2.29. The fraction of sp³-hybridized carbons (Fsp3) is 1.00. The summed E-state index contributed by atoms with van der Waals surface area (Å²) in [6.07, 6.45) is 21.9. The molecule has 0 heterocycles. The van der Waals surface area contributed by atoms with Gasteiger partial charge in [0.25, 0.3) is 0 Å². The van der Waals surface area contributed by atoms with Crippen LogP contribution < -0.4 is 0 Å². The summed E-state index contributed by atoms with van der Waals surface area (Å²) in [6, 6.07) is 0. The Labute approximate surface area is 139 Å². The van der Waals surface area contributed by atoms with Gasteiger partial charge < -0.3 is 0 Å². The molecule has 0 amide bonds. The van der Waals surface area contributed by atoms with E-state index in [1.165, 1.54) is 96.3 Å². The van der Waals surface area contributed by atoms with Crippen LogP contribution in [0.2, 0.25) is 0 Å². The van der Waals surface area contributed by atoms with Crippen molar-refractivity contribution < 1.29 is 0 Å². The molecule has 0 atom stereocenters. The molecule has 0 saturated carbocycles. The summed E-state index contributed by atoms with van der Waals surface area (Å²) >= 11 is 0. The van der Waals surface area contributed by atoms with E-state index in [9.17, 15) is 0 Å². The van der Waals surface area contributed by atoms with E-state index in [1.807, 2.05) is 0 Å². The Morgan fingerprint density at radius 1 is 0.333 bits per heavy atom. The van der Waals surface area contributed by atoms with Gasteiger partial charge in [0.1, 0.15) is 0 Å². The van der Waals surface area contributed by atoms with Crippen molar-refractivity contribution in [2.75, 3.05) is 0 Å². The van der Waals surface area contributed by atoms with Crippen LogP contribution in [0.5, 0.6) is 0 Å². The monoisotopic (exact) mass is 263 g/mol. The normalized spacial score (nSPS) is 10.3. The third-order valence-electron chi connectivity index (χ3n) is 3.71. The summed E-state index contributed by atoms with van der Waals surface area (Å²) in [5.74, 6) is 0. The zero-order valence-corrected chi connectivity index (χ0v) is 15.6. The van der Waals surface area contributed by atoms with Crippen molar-refractivity contribution in [1.82, 2.24) is 0 Å². The molecule has 0 aromatic heterocycles. The molecule has 0 bridgehead atoms. The van der Waals surface area contributed by atoms with E-state index in [0.29, 0.717) is 0 Å². The Morgan fingerprint density at radius 3 is 0.667 bits per heavy atom. The van der Waals surface area contributed by atoms with Crippen molar-refractivity contribution >= 4 is 29.6 Å². The number of unbranched alkanes of at least 4 members (excludes halogenated alkanes) is 14. The van der Waals surface area contributed by atoms with Gasteiger partial charge in [-0.2, -0.15) is 0 Å². The third kappa shape index (κ3) is 19.3. The van der Waals surface area contributed by atoms with Crippen molar-refractivity contribution in [3.63, 3.8) is 0 Å². The Morgan fingerprint density at radius 2 is 0.500 bits per heavy atom. The van der Waals surface area contributed by atoms with Crippen molar-refractivity contribution in [1.29, 1.82) is 0 Å². The molecule has 0 N–H and O–H groups in total. The molecule has 0 aliphatic heterocycles. The maximum Gasteiger partial charge on any atom is 0 e. The predicted molar refractivity (Wildman–Crippen MR) is 86.4 cm³/mol. The Balaban J connectivity index is 0. The topological polar surface area (TPSA) is 0 Å². The first-order valence-corrected chi connectivity index (χ1v) is 8.41. The van der Waals surface area contributed by atoms with Crippen LogP contribution in [0.4, 0.5) is 0 Å². The molecule has 0 fully saturated rings. The Bertz CT molecular complexity index is 109. The second kappa shape index (κ2) is 20.3. The number of hydrogen-bond acceptors (Lipinski definition) is 0. The van der Waals surface area contributed by atoms with Gasteiger partial charge in [0.05, 0.1) is 0 Å². The summed E-state index contributed by atoms with van der Waals surface area (Å²) < 4.78 is 0. The van der Waals surface area contributed by atoms with Crippen LogP contribution >= 0.6 is 0 Å². The van der Waals surface area contributed by atoms with E-state index in [-0.39, 0.29) is 29.6 Å². The van der Waals surface area contributed by atoms with Gasteiger partial charge in [0.15, 0.2) is 0 Å². The summed E-state index contributed by atoms with van der Waals surface area (Å²) in [5.41, 5.74) is 0. The minimum atomic E-state index is 0. The van der Waals surface area contributed by atoms with Crippen molar-refractivity contribution in [2.24, 2.45) is 0 Å². The van der Waals surface area contributed by atoms with E-state index in [4.69, 9.17) is 0 Å². The van der Waals surface area contributed by atoms with E-state index in [0.717, 1.165) is 0 Å². The van der Waals surface area contributed by atoms with E-state index < -0.39 is 0 Å². The molecule has 0 spiro atoms. The molecule has 0 unspecified atom stereocenters. The molecule has 18 heavy (non-hydrogen) atoms. The molecular formula is C17H36Na. The van der Waals surface area contributed by atoms with Crippen LogP contribution in [0, 0.1) is 0 Å². The zero-order valence-electron chi connectivity index (χ0n) is 13.6. The summed E-state index contributed by atoms with van der Waals surface area (Å²) in [4.78, 5) is 0. The van der Waals surface area contributed by atoms with E-state index in [2.05, 4.69) is 13.8 Å². The first kappa shape index (κ1) is 21.3. The van der Waals surface area contributed by atoms with Gasteiger partial charge in [0, 0.05) is 29.6 Å². The van der Waals surface area contributed by atoms with Gasteiger partial charge in [-0.05, 0) is 0 Å². The summed E-state index contributed by atoms with van der Waals surface area (Å²) in [6.45, 7) is 4.58. The molecule has 0 aliphatic carbocycles. The van der Waals surface area contributed by atoms with Crippen molar-refractivity contribution in [2.45, 2.75) is 110 Å². The largest absolute Gasteiger partial charge is 0.0654 e. The van der Waals surface area contributed by atoms with Crippen LogP contribution in [0.15, 0.2) is 0 Å². The Hall–Kier alpha value is 1.00. The van der Waals surface area contributed by atoms with Crippen molar-refractivity contribution in [3.8, 4) is 0 Å². The van der Waals surface area contributed by atoms with Gasteiger partial charge in [-0.15, -0.1) is 0 Å². The summed E-state index contributed by atoms with van der Waals surface area (Å²) in [5, 5.41) is 0. The molecule has 0 aliphatic rings. The van der Waals surface area contributed by atoms with Crippen LogP contribution in [-0.2, 0) is 0 Å². The van der Waals surface area contributed by atoms with Gasteiger partial charge in [-0.3, -0.25) is 0 Å². The quantitative estimate of drug-likeness (QED) is 0.248. The maximum absolute atomic E-state index is 2.29. The second-order valence-electron chi connectivity index (χ2n) is 5.60. The zero-order chi connectivity index (χ0) is 12.6. The first-order chi connectivity index (χ1) is 8.41. The fourth-order valence-corrected chi connectivity index (χ4v) is 2.44. The molecule has 0 nitrogen and oxygen atoms in total. The fourth-order valence-electron chi connectivity index (χ4n) is 2.44. The molecular weight excluding hydrogens is 227 g/mol. The molecule has 0 aromatic carbocycles. The minimum Gasteiger partial charge on any atom is -0.0654 e. The number of rotatable bonds is 14. The Kier molecular flexibility index (Phi) is 24.0. The SMILES string of the molecule is CCCCCCCCCCCCCCCCC.[Na]. The third-order valence-corrected chi connectivity index (χ3v) is 3.71. The molecule has 0 aromatic rings.